The molecule has 1 aliphatic carbocycles. The average molecular weight is 399 g/mol. The highest BCUT2D eigenvalue weighted by atomic mass is 32.2. The van der Waals surface area contributed by atoms with E-state index in [9.17, 15) is 13.2 Å². The lowest BCUT2D eigenvalue weighted by Crippen LogP contribution is -2.35. The van der Waals surface area contributed by atoms with E-state index in [1.54, 1.807) is 0 Å². The number of rotatable bonds is 7. The molecule has 1 saturated heterocycles. The lowest BCUT2D eigenvalue weighted by molar-refractivity contribution is -0.00301. The minimum Gasteiger partial charge on any atom is -0.438 e. The van der Waals surface area contributed by atoms with Gasteiger partial charge in [-0.25, -0.2) is 8.42 Å². The van der Waals surface area contributed by atoms with Crippen LogP contribution in [0.4, 0.5) is 0 Å². The molecule has 1 aromatic rings. The molecule has 152 valence electrons. The molecule has 2 atom stereocenters. The molecule has 1 aliphatic heterocycles. The molecule has 8 heteroatoms. The number of sulfonamides is 1. The number of carbonyl (C=O) groups is 1. The first-order chi connectivity index (χ1) is 13.0. The van der Waals surface area contributed by atoms with E-state index in [1.165, 1.54) is 35.7 Å². The van der Waals surface area contributed by atoms with Crippen LogP contribution in [0.2, 0.25) is 0 Å². The average Bonchev–Trinajstić information content (AvgIpc) is 3.18. The number of ether oxygens (including phenoxy) is 1. The van der Waals surface area contributed by atoms with Crippen LogP contribution in [0.1, 0.15) is 62.4 Å². The number of nitrogens with one attached hydrogen (secondary N) is 1. The Labute approximate surface area is 161 Å². The molecule has 2 aliphatic rings. The highest BCUT2D eigenvalue weighted by molar-refractivity contribution is 7.89. The first-order valence-corrected chi connectivity index (χ1v) is 11.4. The van der Waals surface area contributed by atoms with Crippen molar-refractivity contribution >= 4 is 15.9 Å². The quantitative estimate of drug-likeness (QED) is 0.714. The molecular weight excluding hydrogens is 368 g/mol. The van der Waals surface area contributed by atoms with Crippen LogP contribution in [0.5, 0.6) is 0 Å². The Balaban J connectivity index is 1.48. The van der Waals surface area contributed by atoms with Gasteiger partial charge in [-0.1, -0.05) is 26.2 Å². The van der Waals surface area contributed by atoms with Gasteiger partial charge < -0.3 is 14.5 Å². The van der Waals surface area contributed by atoms with Crippen molar-refractivity contribution in [3.63, 3.8) is 0 Å². The molecule has 1 N–H and O–H groups in total. The van der Waals surface area contributed by atoms with E-state index in [2.05, 4.69) is 12.2 Å². The van der Waals surface area contributed by atoms with Crippen molar-refractivity contribution in [2.45, 2.75) is 63.1 Å². The van der Waals surface area contributed by atoms with Crippen LogP contribution in [-0.4, -0.2) is 51.0 Å². The number of carbonyl (C=O) groups excluding carboxylic acids is 1. The van der Waals surface area contributed by atoms with E-state index in [4.69, 9.17) is 9.15 Å². The van der Waals surface area contributed by atoms with Gasteiger partial charge in [0.1, 0.15) is 0 Å². The van der Waals surface area contributed by atoms with Crippen molar-refractivity contribution in [2.24, 2.45) is 5.92 Å². The van der Waals surface area contributed by atoms with Crippen molar-refractivity contribution in [1.82, 2.24) is 9.62 Å². The summed E-state index contributed by atoms with van der Waals surface area (Å²) < 4.78 is 37.8. The molecule has 2 fully saturated rings. The molecule has 0 radical (unpaired) electrons. The van der Waals surface area contributed by atoms with Crippen molar-refractivity contribution < 1.29 is 22.4 Å². The summed E-state index contributed by atoms with van der Waals surface area (Å²) >= 11 is 0. The van der Waals surface area contributed by atoms with Crippen LogP contribution in [0, 0.1) is 5.92 Å². The molecule has 1 saturated carbocycles. The number of hydrogen-bond donors (Lipinski definition) is 1. The van der Waals surface area contributed by atoms with Gasteiger partial charge in [-0.3, -0.25) is 4.79 Å². The third kappa shape index (κ3) is 5.12. The van der Waals surface area contributed by atoms with Gasteiger partial charge in [0.15, 0.2) is 5.76 Å². The van der Waals surface area contributed by atoms with E-state index in [0.29, 0.717) is 32.2 Å². The molecule has 0 spiro atoms. The Morgan fingerprint density at radius 2 is 1.93 bits per heavy atom. The maximum atomic E-state index is 12.6. The third-order valence-electron chi connectivity index (χ3n) is 5.47. The number of piperidine rings is 1. The topological polar surface area (TPSA) is 88.8 Å². The molecule has 7 nitrogen and oxygen atoms in total. The van der Waals surface area contributed by atoms with E-state index < -0.39 is 15.9 Å². The van der Waals surface area contributed by atoms with Crippen molar-refractivity contribution in [3.8, 4) is 0 Å². The largest absolute Gasteiger partial charge is 0.438 e. The molecule has 1 amide bonds. The number of nitrogens with zero attached hydrogens (tertiary/aromatic N) is 1. The molecule has 0 aromatic carbocycles. The number of furan rings is 1. The van der Waals surface area contributed by atoms with E-state index in [-0.39, 0.29) is 17.0 Å². The SMILES string of the molecule is C[C@H]1CCCC[C@H]1OCCNC(=O)c1ccc(S(=O)(=O)N2CCCCC2)o1. The zero-order valence-electron chi connectivity index (χ0n) is 16.0. The van der Waals surface area contributed by atoms with E-state index in [0.717, 1.165) is 25.7 Å². The van der Waals surface area contributed by atoms with E-state index >= 15 is 0 Å². The van der Waals surface area contributed by atoms with Crippen LogP contribution in [0.15, 0.2) is 21.6 Å². The summed E-state index contributed by atoms with van der Waals surface area (Å²) in [4.78, 5) is 12.2. The summed E-state index contributed by atoms with van der Waals surface area (Å²) in [5.74, 6) is 0.147. The summed E-state index contributed by atoms with van der Waals surface area (Å²) in [6.45, 7) is 4.02. The maximum absolute atomic E-state index is 12.6. The summed E-state index contributed by atoms with van der Waals surface area (Å²) in [5, 5.41) is 2.57. The summed E-state index contributed by atoms with van der Waals surface area (Å²) in [5.41, 5.74) is 0. The van der Waals surface area contributed by atoms with Crippen LogP contribution >= 0.6 is 0 Å². The molecule has 27 heavy (non-hydrogen) atoms. The van der Waals surface area contributed by atoms with E-state index in [1.807, 2.05) is 0 Å². The second-order valence-corrected chi connectivity index (χ2v) is 9.38. The Morgan fingerprint density at radius 3 is 2.67 bits per heavy atom. The zero-order chi connectivity index (χ0) is 19.3. The van der Waals surface area contributed by atoms with Crippen LogP contribution in [0.3, 0.4) is 0 Å². The van der Waals surface area contributed by atoms with Gasteiger partial charge in [-0.05, 0) is 43.7 Å². The fraction of sp³-hybridized carbons (Fsp3) is 0.737. The van der Waals surface area contributed by atoms with Gasteiger partial charge in [0, 0.05) is 19.6 Å². The summed E-state index contributed by atoms with van der Waals surface area (Å²) in [6.07, 6.45) is 7.74. The number of hydrogen-bond acceptors (Lipinski definition) is 5. The van der Waals surface area contributed by atoms with Gasteiger partial charge in [0.2, 0.25) is 5.09 Å². The van der Waals surface area contributed by atoms with Crippen molar-refractivity contribution in [3.05, 3.63) is 17.9 Å². The smallest absolute Gasteiger partial charge is 0.287 e. The monoisotopic (exact) mass is 398 g/mol. The van der Waals surface area contributed by atoms with Crippen LogP contribution < -0.4 is 5.32 Å². The molecule has 0 unspecified atom stereocenters. The first-order valence-electron chi connectivity index (χ1n) is 9.98. The normalized spacial score (nSPS) is 24.6. The predicted molar refractivity (Wildman–Crippen MR) is 101 cm³/mol. The Kier molecular flexibility index (Phi) is 6.94. The molecule has 2 heterocycles. The predicted octanol–water partition coefficient (Wildman–Crippen LogP) is 2.78. The Hall–Kier alpha value is -1.38. The highest BCUT2D eigenvalue weighted by Crippen LogP contribution is 2.26. The molecule has 1 aromatic heterocycles. The maximum Gasteiger partial charge on any atom is 0.287 e. The highest BCUT2D eigenvalue weighted by Gasteiger charge is 2.29. The van der Waals surface area contributed by atoms with Gasteiger partial charge in [0.25, 0.3) is 15.9 Å². The van der Waals surface area contributed by atoms with Crippen LogP contribution in [0.25, 0.3) is 0 Å². The van der Waals surface area contributed by atoms with Crippen molar-refractivity contribution in [1.29, 1.82) is 0 Å². The number of amides is 1. The first kappa shape index (κ1) is 20.4. The molecular formula is C19H30N2O5S. The lowest BCUT2D eigenvalue weighted by atomic mass is 9.88. The molecule has 0 bridgehead atoms. The van der Waals surface area contributed by atoms with Gasteiger partial charge in [-0.15, -0.1) is 0 Å². The van der Waals surface area contributed by atoms with Gasteiger partial charge in [0.05, 0.1) is 12.7 Å². The Morgan fingerprint density at radius 1 is 1.19 bits per heavy atom. The second kappa shape index (κ2) is 9.21. The standard InChI is InChI=1S/C19H30N2O5S/c1-15-7-3-4-8-16(15)25-14-11-20-19(22)17-9-10-18(26-17)27(23,24)21-12-5-2-6-13-21/h9-10,15-16H,2-8,11-14H2,1H3,(H,20,22)/t15-,16+/m0/s1. The van der Waals surface area contributed by atoms with Crippen LogP contribution in [-0.2, 0) is 14.8 Å². The third-order valence-corrected chi connectivity index (χ3v) is 7.24. The molecule has 3 rings (SSSR count). The van der Waals surface area contributed by atoms with Gasteiger partial charge >= 0.3 is 0 Å². The summed E-state index contributed by atoms with van der Waals surface area (Å²) in [6, 6.07) is 2.77. The lowest BCUT2D eigenvalue weighted by Gasteiger charge is -2.28. The minimum absolute atomic E-state index is 0.0108. The minimum atomic E-state index is -3.66. The van der Waals surface area contributed by atoms with Gasteiger partial charge in [-0.2, -0.15) is 4.31 Å². The second-order valence-electron chi connectivity index (χ2n) is 7.51. The Bertz CT molecular complexity index is 724. The zero-order valence-corrected chi connectivity index (χ0v) is 16.8. The fourth-order valence-corrected chi connectivity index (χ4v) is 5.23. The summed E-state index contributed by atoms with van der Waals surface area (Å²) in [7, 11) is -3.66. The van der Waals surface area contributed by atoms with Crippen molar-refractivity contribution in [2.75, 3.05) is 26.2 Å². The fourth-order valence-electron chi connectivity index (χ4n) is 3.81.